The number of hydrogen-bond acceptors (Lipinski definition) is 6. The average Bonchev–Trinajstić information content (AvgIpc) is 2.73. The minimum Gasteiger partial charge on any atom is -0.481 e. The molecule has 2 heterocycles. The van der Waals surface area contributed by atoms with E-state index in [0.29, 0.717) is 17.3 Å². The van der Waals surface area contributed by atoms with Crippen LogP contribution in [-0.2, 0) is 11.2 Å². The van der Waals surface area contributed by atoms with Crippen LogP contribution in [0.25, 0.3) is 10.8 Å². The Labute approximate surface area is 95.1 Å². The number of carboxylic acids is 1. The van der Waals surface area contributed by atoms with Gasteiger partial charge in [0.25, 0.3) is 0 Å². The fraction of sp³-hybridized carbons (Fsp3) is 0.333. The molecular formula is C9H9N3O3S. The molecule has 84 valence electrons. The summed E-state index contributed by atoms with van der Waals surface area (Å²) >= 11 is 1.18. The van der Waals surface area contributed by atoms with Crippen molar-refractivity contribution in [3.8, 4) is 10.8 Å². The van der Waals surface area contributed by atoms with Crippen molar-refractivity contribution >= 4 is 17.5 Å². The van der Waals surface area contributed by atoms with Crippen LogP contribution in [0.3, 0.4) is 0 Å². The van der Waals surface area contributed by atoms with Gasteiger partial charge in [0, 0.05) is 0 Å². The van der Waals surface area contributed by atoms with Crippen LogP contribution in [0.4, 0.5) is 0 Å². The van der Waals surface area contributed by atoms with Crippen molar-refractivity contribution in [2.45, 2.75) is 20.3 Å². The number of aliphatic carboxylic acids is 1. The van der Waals surface area contributed by atoms with Crippen LogP contribution in [0.15, 0.2) is 4.42 Å². The number of rotatable bonds is 3. The van der Waals surface area contributed by atoms with Gasteiger partial charge in [0.15, 0.2) is 0 Å². The van der Waals surface area contributed by atoms with Crippen molar-refractivity contribution in [1.82, 2.24) is 14.6 Å². The highest BCUT2D eigenvalue weighted by molar-refractivity contribution is 7.09. The van der Waals surface area contributed by atoms with Crippen LogP contribution in [0.2, 0.25) is 0 Å². The summed E-state index contributed by atoms with van der Waals surface area (Å²) in [6, 6.07) is 0. The molecule has 0 atom stereocenters. The third-order valence-corrected chi connectivity index (χ3v) is 2.87. The van der Waals surface area contributed by atoms with Gasteiger partial charge in [-0.25, -0.2) is 4.98 Å². The van der Waals surface area contributed by atoms with E-state index in [9.17, 15) is 4.79 Å². The summed E-state index contributed by atoms with van der Waals surface area (Å²) in [7, 11) is 0. The Balaban J connectivity index is 2.38. The first-order valence-electron chi connectivity index (χ1n) is 4.55. The number of oxazole rings is 1. The van der Waals surface area contributed by atoms with Gasteiger partial charge in [-0.1, -0.05) is 4.49 Å². The molecule has 0 unspecified atom stereocenters. The van der Waals surface area contributed by atoms with Gasteiger partial charge in [0.1, 0.15) is 10.6 Å². The molecule has 2 rings (SSSR count). The molecule has 16 heavy (non-hydrogen) atoms. The monoisotopic (exact) mass is 239 g/mol. The van der Waals surface area contributed by atoms with Crippen LogP contribution >= 0.6 is 11.5 Å². The quantitative estimate of drug-likeness (QED) is 0.871. The summed E-state index contributed by atoms with van der Waals surface area (Å²) in [6.45, 7) is 3.49. The Morgan fingerprint density at radius 1 is 1.50 bits per heavy atom. The predicted octanol–water partition coefficient (Wildman–Crippen LogP) is 1.44. The van der Waals surface area contributed by atoms with Gasteiger partial charge in [-0.15, -0.1) is 5.10 Å². The maximum absolute atomic E-state index is 10.6. The number of aryl methyl sites for hydroxylation is 2. The van der Waals surface area contributed by atoms with Gasteiger partial charge in [-0.3, -0.25) is 4.79 Å². The number of carbonyl (C=O) groups is 1. The second kappa shape index (κ2) is 4.01. The predicted molar refractivity (Wildman–Crippen MR) is 56.2 cm³/mol. The van der Waals surface area contributed by atoms with E-state index in [1.807, 2.05) is 0 Å². The molecule has 0 spiro atoms. The number of carboxylic acid groups (broad SMARTS) is 1. The van der Waals surface area contributed by atoms with Crippen LogP contribution in [-0.4, -0.2) is 25.6 Å². The van der Waals surface area contributed by atoms with E-state index in [1.54, 1.807) is 13.8 Å². The highest BCUT2D eigenvalue weighted by Crippen LogP contribution is 2.26. The van der Waals surface area contributed by atoms with E-state index >= 15 is 0 Å². The normalized spacial score (nSPS) is 10.6. The van der Waals surface area contributed by atoms with Crippen LogP contribution < -0.4 is 0 Å². The zero-order chi connectivity index (χ0) is 11.7. The van der Waals surface area contributed by atoms with Crippen LogP contribution in [0, 0.1) is 13.8 Å². The number of aromatic nitrogens is 3. The van der Waals surface area contributed by atoms with Gasteiger partial charge in [-0.2, -0.15) is 0 Å². The Morgan fingerprint density at radius 2 is 2.25 bits per heavy atom. The molecule has 0 aliphatic heterocycles. The SMILES string of the molecule is Cc1nnsc1-c1nc(CC(=O)O)c(C)o1. The molecule has 2 aromatic heterocycles. The highest BCUT2D eigenvalue weighted by atomic mass is 32.1. The molecule has 0 aliphatic rings. The molecule has 0 saturated carbocycles. The molecule has 0 aromatic carbocycles. The van der Waals surface area contributed by atoms with Crippen LogP contribution in [0.5, 0.6) is 0 Å². The zero-order valence-corrected chi connectivity index (χ0v) is 9.54. The van der Waals surface area contributed by atoms with Gasteiger partial charge in [-0.05, 0) is 25.4 Å². The molecule has 0 radical (unpaired) electrons. The van der Waals surface area contributed by atoms with Crippen molar-refractivity contribution in [1.29, 1.82) is 0 Å². The summed E-state index contributed by atoms with van der Waals surface area (Å²) in [6.07, 6.45) is -0.138. The van der Waals surface area contributed by atoms with E-state index < -0.39 is 5.97 Å². The van der Waals surface area contributed by atoms with E-state index in [0.717, 1.165) is 10.6 Å². The third-order valence-electron chi connectivity index (χ3n) is 2.06. The molecule has 1 N–H and O–H groups in total. The van der Waals surface area contributed by atoms with Gasteiger partial charge in [0.05, 0.1) is 17.8 Å². The Morgan fingerprint density at radius 3 is 2.81 bits per heavy atom. The fourth-order valence-electron chi connectivity index (χ4n) is 1.26. The van der Waals surface area contributed by atoms with Crippen LogP contribution in [0.1, 0.15) is 17.1 Å². The summed E-state index contributed by atoms with van der Waals surface area (Å²) in [5.41, 5.74) is 1.17. The van der Waals surface area contributed by atoms with Crippen molar-refractivity contribution < 1.29 is 14.3 Å². The smallest absolute Gasteiger partial charge is 0.309 e. The maximum atomic E-state index is 10.6. The lowest BCUT2D eigenvalue weighted by atomic mass is 10.3. The lowest BCUT2D eigenvalue weighted by Gasteiger charge is -1.88. The molecule has 0 aliphatic carbocycles. The van der Waals surface area contributed by atoms with Crippen molar-refractivity contribution in [2.24, 2.45) is 0 Å². The molecule has 0 bridgehead atoms. The molecule has 0 fully saturated rings. The van der Waals surface area contributed by atoms with Crippen molar-refractivity contribution in [3.05, 3.63) is 17.1 Å². The van der Waals surface area contributed by atoms with Gasteiger partial charge in [0.2, 0.25) is 5.89 Å². The number of hydrogen-bond donors (Lipinski definition) is 1. The Bertz CT molecular complexity index is 532. The minimum absolute atomic E-state index is 0.138. The van der Waals surface area contributed by atoms with E-state index in [1.165, 1.54) is 11.5 Å². The summed E-state index contributed by atoms with van der Waals surface area (Å²) in [5, 5.41) is 12.5. The first kappa shape index (κ1) is 10.7. The lowest BCUT2D eigenvalue weighted by Crippen LogP contribution is -2.01. The molecular weight excluding hydrogens is 230 g/mol. The zero-order valence-electron chi connectivity index (χ0n) is 8.72. The van der Waals surface area contributed by atoms with E-state index in [4.69, 9.17) is 9.52 Å². The minimum atomic E-state index is -0.929. The Kier molecular flexibility index (Phi) is 2.69. The van der Waals surface area contributed by atoms with E-state index in [2.05, 4.69) is 14.6 Å². The summed E-state index contributed by atoms with van der Waals surface area (Å²) < 4.78 is 9.17. The summed E-state index contributed by atoms with van der Waals surface area (Å²) in [4.78, 5) is 15.5. The largest absolute Gasteiger partial charge is 0.481 e. The molecule has 2 aromatic rings. The standard InChI is InChI=1S/C9H9N3O3S/c1-4-8(16-12-11-4)9-10-6(3-7(13)14)5(2)15-9/h3H2,1-2H3,(H,13,14). The first-order valence-corrected chi connectivity index (χ1v) is 5.32. The Hall–Kier alpha value is -1.76. The highest BCUT2D eigenvalue weighted by Gasteiger charge is 2.17. The molecule has 7 heteroatoms. The van der Waals surface area contributed by atoms with E-state index in [-0.39, 0.29) is 6.42 Å². The first-order chi connectivity index (χ1) is 7.58. The fourth-order valence-corrected chi connectivity index (χ4v) is 1.84. The lowest BCUT2D eigenvalue weighted by molar-refractivity contribution is -0.136. The maximum Gasteiger partial charge on any atom is 0.309 e. The van der Waals surface area contributed by atoms with Crippen molar-refractivity contribution in [2.75, 3.05) is 0 Å². The number of nitrogens with zero attached hydrogens (tertiary/aromatic N) is 3. The third kappa shape index (κ3) is 1.94. The molecule has 0 saturated heterocycles. The molecule has 6 nitrogen and oxygen atoms in total. The van der Waals surface area contributed by atoms with Gasteiger partial charge >= 0.3 is 5.97 Å². The second-order valence-corrected chi connectivity index (χ2v) is 4.03. The molecule has 0 amide bonds. The average molecular weight is 239 g/mol. The second-order valence-electron chi connectivity index (χ2n) is 3.28. The van der Waals surface area contributed by atoms with Gasteiger partial charge < -0.3 is 9.52 Å². The van der Waals surface area contributed by atoms with Crippen molar-refractivity contribution in [3.63, 3.8) is 0 Å². The topological polar surface area (TPSA) is 89.1 Å². The summed E-state index contributed by atoms with van der Waals surface area (Å²) in [5.74, 6) is -0.0199.